The molecule has 0 aliphatic rings. The first kappa shape index (κ1) is 26.7. The van der Waals surface area contributed by atoms with E-state index in [1.807, 2.05) is 74.5 Å². The maximum Gasteiger partial charge on any atom is 0.314 e. The number of aliphatic carboxylic acids is 2. The fourth-order valence-corrected chi connectivity index (χ4v) is 1.33. The molecule has 0 aliphatic heterocycles. The molecule has 0 unspecified atom stereocenters. The highest BCUT2D eigenvalue weighted by molar-refractivity contribution is 5.88. The summed E-state index contributed by atoms with van der Waals surface area (Å²) in [5.74, 6) is -0.998. The maximum absolute atomic E-state index is 9.43. The topological polar surface area (TPSA) is 119 Å². The van der Waals surface area contributed by atoms with Gasteiger partial charge in [-0.15, -0.1) is 0 Å². The lowest BCUT2D eigenvalue weighted by atomic mass is 10.3. The Labute approximate surface area is 164 Å². The van der Waals surface area contributed by atoms with Gasteiger partial charge in [-0.1, -0.05) is 50.2 Å². The molecular weight excluding hydrogens is 368 g/mol. The number of hydrogen-bond donors (Lipinski definition) is 2. The van der Waals surface area contributed by atoms with Crippen molar-refractivity contribution in [1.82, 2.24) is 0 Å². The lowest BCUT2D eigenvalue weighted by Crippen LogP contribution is -2.05. The van der Waals surface area contributed by atoms with E-state index in [1.165, 1.54) is 7.11 Å². The molecule has 8 nitrogen and oxygen atoms in total. The van der Waals surface area contributed by atoms with Gasteiger partial charge in [-0.25, -0.2) is 0 Å². The van der Waals surface area contributed by atoms with Crippen LogP contribution in [0.3, 0.4) is 0 Å². The summed E-state index contributed by atoms with van der Waals surface area (Å²) >= 11 is 0. The molecule has 0 aromatic heterocycles. The van der Waals surface area contributed by atoms with Gasteiger partial charge < -0.3 is 24.4 Å². The van der Waals surface area contributed by atoms with Crippen molar-refractivity contribution in [3.8, 4) is 11.5 Å². The van der Waals surface area contributed by atoms with Crippen LogP contribution in [0.25, 0.3) is 0 Å². The maximum atomic E-state index is 9.43. The van der Waals surface area contributed by atoms with Crippen LogP contribution in [-0.2, 0) is 19.1 Å². The summed E-state index contributed by atoms with van der Waals surface area (Å²) in [6.45, 7) is 4.61. The molecule has 0 radical (unpaired) electrons. The molecule has 0 atom stereocenters. The lowest BCUT2D eigenvalue weighted by molar-refractivity contribution is -0.147. The van der Waals surface area contributed by atoms with Gasteiger partial charge in [0, 0.05) is 0 Å². The first-order valence-electron chi connectivity index (χ1n) is 8.25. The molecular formula is C20H26O8. The van der Waals surface area contributed by atoms with Gasteiger partial charge in [-0.2, -0.15) is 0 Å². The van der Waals surface area contributed by atoms with Crippen LogP contribution in [0.4, 0.5) is 0 Å². The molecule has 0 saturated heterocycles. The fourth-order valence-electron chi connectivity index (χ4n) is 1.33. The molecule has 8 heteroatoms. The zero-order valence-electron chi connectivity index (χ0n) is 16.1. The Morgan fingerprint density at radius 1 is 0.821 bits per heavy atom. The minimum atomic E-state index is -1.31. The Balaban J connectivity index is 0. The summed E-state index contributed by atoms with van der Waals surface area (Å²) in [6.07, 6.45) is -0.806. The quantitative estimate of drug-likeness (QED) is 0.416. The van der Waals surface area contributed by atoms with Gasteiger partial charge in [0.15, 0.2) is 0 Å². The number of carbonyl (C=O) groups is 3. The molecule has 28 heavy (non-hydrogen) atoms. The van der Waals surface area contributed by atoms with Crippen molar-refractivity contribution >= 4 is 18.4 Å². The molecule has 2 aromatic carbocycles. The van der Waals surface area contributed by atoms with Gasteiger partial charge in [-0.3, -0.25) is 14.4 Å². The van der Waals surface area contributed by atoms with Crippen molar-refractivity contribution in [1.29, 1.82) is 0 Å². The first-order valence-corrected chi connectivity index (χ1v) is 8.25. The number of hydrogen-bond acceptors (Lipinski definition) is 6. The van der Waals surface area contributed by atoms with E-state index in [4.69, 9.17) is 24.5 Å². The highest BCUT2D eigenvalue weighted by Gasteiger charge is 2.01. The number of para-hydroxylation sites is 2. The van der Waals surface area contributed by atoms with E-state index in [2.05, 4.69) is 4.74 Å². The SMILES string of the molecule is CC.COC=O.O=C(O)CC(=O)O.c1ccc(OCOc2ccccc2)cc1. The Morgan fingerprint density at radius 2 is 1.14 bits per heavy atom. The molecule has 0 saturated carbocycles. The fraction of sp³-hybridized carbons (Fsp3) is 0.250. The Kier molecular flexibility index (Phi) is 18.8. The third-order valence-electron chi connectivity index (χ3n) is 2.34. The van der Waals surface area contributed by atoms with Crippen LogP contribution in [-0.4, -0.2) is 42.5 Å². The number of carboxylic acid groups (broad SMARTS) is 2. The summed E-state index contributed by atoms with van der Waals surface area (Å²) in [4.78, 5) is 27.8. The number of methoxy groups -OCH3 is 1. The average molecular weight is 394 g/mol. The molecule has 0 heterocycles. The molecule has 2 N–H and O–H groups in total. The molecule has 154 valence electrons. The Morgan fingerprint density at radius 3 is 1.36 bits per heavy atom. The molecule has 2 rings (SSSR count). The van der Waals surface area contributed by atoms with Crippen LogP contribution in [0, 0.1) is 0 Å². The van der Waals surface area contributed by atoms with Crippen molar-refractivity contribution in [2.24, 2.45) is 0 Å². The number of ether oxygens (including phenoxy) is 3. The third kappa shape index (κ3) is 18.8. The van der Waals surface area contributed by atoms with Gasteiger partial charge in [0.25, 0.3) is 6.47 Å². The molecule has 0 bridgehead atoms. The van der Waals surface area contributed by atoms with E-state index in [-0.39, 0.29) is 6.79 Å². The van der Waals surface area contributed by atoms with Gasteiger partial charge in [-0.05, 0) is 24.3 Å². The van der Waals surface area contributed by atoms with Crippen LogP contribution < -0.4 is 9.47 Å². The van der Waals surface area contributed by atoms with Crippen LogP contribution in [0.5, 0.6) is 11.5 Å². The summed E-state index contributed by atoms with van der Waals surface area (Å²) < 4.78 is 14.6. The van der Waals surface area contributed by atoms with Crippen LogP contribution in [0.1, 0.15) is 20.3 Å². The third-order valence-corrected chi connectivity index (χ3v) is 2.34. The highest BCUT2D eigenvalue weighted by atomic mass is 16.7. The highest BCUT2D eigenvalue weighted by Crippen LogP contribution is 2.11. The van der Waals surface area contributed by atoms with Gasteiger partial charge in [0.1, 0.15) is 17.9 Å². The standard InChI is InChI=1S/C13H12O2.C3H4O4.C2H4O2.C2H6/c1-3-7-12(8-4-1)14-11-15-13-9-5-2-6-10-13;4-2(5)1-3(6)7;1-4-2-3;1-2/h1-10H,11H2;1H2,(H,4,5)(H,6,7);2H,1H3;1-2H3. The summed E-state index contributed by atoms with van der Waals surface area (Å²) in [7, 11) is 1.31. The summed E-state index contributed by atoms with van der Waals surface area (Å²) in [5, 5.41) is 15.4. The van der Waals surface area contributed by atoms with Crippen molar-refractivity contribution in [3.05, 3.63) is 60.7 Å². The van der Waals surface area contributed by atoms with E-state index in [0.29, 0.717) is 6.47 Å². The van der Waals surface area contributed by atoms with Crippen LogP contribution >= 0.6 is 0 Å². The van der Waals surface area contributed by atoms with Gasteiger partial charge in [0.2, 0.25) is 6.79 Å². The molecule has 0 spiro atoms. The minimum absolute atomic E-state index is 0.230. The number of benzene rings is 2. The van der Waals surface area contributed by atoms with E-state index in [1.54, 1.807) is 0 Å². The monoisotopic (exact) mass is 394 g/mol. The second-order valence-electron chi connectivity index (χ2n) is 4.33. The second-order valence-corrected chi connectivity index (χ2v) is 4.33. The average Bonchev–Trinajstić information content (AvgIpc) is 2.71. The van der Waals surface area contributed by atoms with Crippen molar-refractivity contribution in [3.63, 3.8) is 0 Å². The van der Waals surface area contributed by atoms with Crippen LogP contribution in [0.2, 0.25) is 0 Å². The van der Waals surface area contributed by atoms with Crippen LogP contribution in [0.15, 0.2) is 60.7 Å². The summed E-state index contributed by atoms with van der Waals surface area (Å²) in [6, 6.07) is 19.2. The van der Waals surface area contributed by atoms with E-state index >= 15 is 0 Å². The smallest absolute Gasteiger partial charge is 0.314 e. The minimum Gasteiger partial charge on any atom is -0.481 e. The first-order chi connectivity index (χ1) is 13.5. The predicted octanol–water partition coefficient (Wildman–Crippen LogP) is 3.46. The molecule has 0 fully saturated rings. The normalized spacial score (nSPS) is 8.11. The number of carboxylic acids is 2. The Hall–Kier alpha value is -3.55. The number of rotatable bonds is 7. The molecule has 0 amide bonds. The zero-order chi connectivity index (χ0) is 21.6. The molecule has 2 aromatic rings. The van der Waals surface area contributed by atoms with E-state index < -0.39 is 18.4 Å². The largest absolute Gasteiger partial charge is 0.481 e. The number of carbonyl (C=O) groups excluding carboxylic acids is 1. The van der Waals surface area contributed by atoms with Gasteiger partial charge in [0.05, 0.1) is 7.11 Å². The predicted molar refractivity (Wildman–Crippen MR) is 103 cm³/mol. The van der Waals surface area contributed by atoms with E-state index in [0.717, 1.165) is 11.5 Å². The Bertz CT molecular complexity index is 578. The summed E-state index contributed by atoms with van der Waals surface area (Å²) in [5.41, 5.74) is 0. The van der Waals surface area contributed by atoms with Gasteiger partial charge >= 0.3 is 11.9 Å². The zero-order valence-corrected chi connectivity index (χ0v) is 16.1. The lowest BCUT2D eigenvalue weighted by Gasteiger charge is -2.07. The van der Waals surface area contributed by atoms with Crippen molar-refractivity contribution < 1.29 is 38.8 Å². The van der Waals surface area contributed by atoms with Crippen molar-refractivity contribution in [2.45, 2.75) is 20.3 Å². The molecule has 0 aliphatic carbocycles. The van der Waals surface area contributed by atoms with E-state index in [9.17, 15) is 9.59 Å². The second kappa shape index (κ2) is 19.8. The van der Waals surface area contributed by atoms with Crippen molar-refractivity contribution in [2.75, 3.05) is 13.9 Å².